The Morgan fingerprint density at radius 3 is 2.41 bits per heavy atom. The van der Waals surface area contributed by atoms with E-state index in [0.29, 0.717) is 18.3 Å². The molecular weight excluding hydrogens is 208 g/mol. The molecular formula is C16H22O. The van der Waals surface area contributed by atoms with Gasteiger partial charge in [-0.25, -0.2) is 0 Å². The lowest BCUT2D eigenvalue weighted by molar-refractivity contribution is -0.115. The fourth-order valence-electron chi connectivity index (χ4n) is 2.05. The predicted molar refractivity (Wildman–Crippen MR) is 73.7 cm³/mol. The zero-order chi connectivity index (χ0) is 12.7. The van der Waals surface area contributed by atoms with Crippen molar-refractivity contribution < 1.29 is 4.79 Å². The van der Waals surface area contributed by atoms with Crippen LogP contribution in [0.25, 0.3) is 6.08 Å². The van der Waals surface area contributed by atoms with Crippen molar-refractivity contribution in [1.82, 2.24) is 0 Å². The summed E-state index contributed by atoms with van der Waals surface area (Å²) in [7, 11) is 0. The Hall–Kier alpha value is -1.37. The molecule has 0 aromatic heterocycles. The van der Waals surface area contributed by atoms with Crippen molar-refractivity contribution in [2.45, 2.75) is 33.6 Å². The van der Waals surface area contributed by atoms with E-state index in [2.05, 4.69) is 20.8 Å². The van der Waals surface area contributed by atoms with Crippen LogP contribution in [0.5, 0.6) is 0 Å². The Morgan fingerprint density at radius 1 is 1.18 bits per heavy atom. The molecule has 1 nitrogen and oxygen atoms in total. The van der Waals surface area contributed by atoms with Crippen molar-refractivity contribution >= 4 is 11.9 Å². The summed E-state index contributed by atoms with van der Waals surface area (Å²) in [5.74, 6) is 1.36. The molecule has 17 heavy (non-hydrogen) atoms. The fourth-order valence-corrected chi connectivity index (χ4v) is 2.05. The molecule has 0 aliphatic rings. The predicted octanol–water partition coefficient (Wildman–Crippen LogP) is 4.34. The van der Waals surface area contributed by atoms with Crippen molar-refractivity contribution in [3.05, 3.63) is 42.0 Å². The second-order valence-electron chi connectivity index (χ2n) is 5.15. The lowest BCUT2D eigenvalue weighted by Gasteiger charge is -2.11. The van der Waals surface area contributed by atoms with Crippen molar-refractivity contribution in [3.8, 4) is 0 Å². The average Bonchev–Trinajstić information content (AvgIpc) is 2.26. The van der Waals surface area contributed by atoms with Crippen LogP contribution in [0.1, 0.15) is 39.2 Å². The van der Waals surface area contributed by atoms with E-state index in [9.17, 15) is 4.79 Å². The van der Waals surface area contributed by atoms with E-state index in [0.717, 1.165) is 12.0 Å². The van der Waals surface area contributed by atoms with Gasteiger partial charge in [0.2, 0.25) is 0 Å². The molecule has 0 amide bonds. The molecule has 92 valence electrons. The number of benzene rings is 1. The van der Waals surface area contributed by atoms with Gasteiger partial charge in [-0.05, 0) is 29.9 Å². The second-order valence-corrected chi connectivity index (χ2v) is 5.15. The highest BCUT2D eigenvalue weighted by molar-refractivity contribution is 5.93. The summed E-state index contributed by atoms with van der Waals surface area (Å²) in [6, 6.07) is 9.93. The molecule has 0 heterocycles. The highest BCUT2D eigenvalue weighted by atomic mass is 16.1. The van der Waals surface area contributed by atoms with E-state index in [1.807, 2.05) is 36.4 Å². The van der Waals surface area contributed by atoms with Gasteiger partial charge in [0.15, 0.2) is 5.78 Å². The van der Waals surface area contributed by atoms with E-state index in [4.69, 9.17) is 0 Å². The van der Waals surface area contributed by atoms with Crippen LogP contribution >= 0.6 is 0 Å². The highest BCUT2D eigenvalue weighted by Gasteiger charge is 2.08. The van der Waals surface area contributed by atoms with Gasteiger partial charge in [-0.1, -0.05) is 57.2 Å². The third-order valence-corrected chi connectivity index (χ3v) is 2.68. The number of carbonyl (C=O) groups is 1. The van der Waals surface area contributed by atoms with E-state index in [-0.39, 0.29) is 5.78 Å². The van der Waals surface area contributed by atoms with Gasteiger partial charge in [-0.15, -0.1) is 0 Å². The summed E-state index contributed by atoms with van der Waals surface area (Å²) in [5.41, 5.74) is 1.08. The van der Waals surface area contributed by atoms with Crippen LogP contribution in [0.2, 0.25) is 0 Å². The van der Waals surface area contributed by atoms with Crippen LogP contribution in [0.4, 0.5) is 0 Å². The first-order chi connectivity index (χ1) is 8.08. The summed E-state index contributed by atoms with van der Waals surface area (Å²) in [5, 5.41) is 0. The normalized spacial score (nSPS) is 13.2. The van der Waals surface area contributed by atoms with Crippen molar-refractivity contribution in [3.63, 3.8) is 0 Å². The van der Waals surface area contributed by atoms with E-state index < -0.39 is 0 Å². The van der Waals surface area contributed by atoms with Crippen LogP contribution in [0, 0.1) is 11.8 Å². The Kier molecular flexibility index (Phi) is 5.68. The van der Waals surface area contributed by atoms with Gasteiger partial charge in [0, 0.05) is 6.42 Å². The van der Waals surface area contributed by atoms with Crippen molar-refractivity contribution in [2.75, 3.05) is 0 Å². The van der Waals surface area contributed by atoms with Gasteiger partial charge in [0.05, 0.1) is 0 Å². The van der Waals surface area contributed by atoms with Gasteiger partial charge in [-0.3, -0.25) is 4.79 Å². The van der Waals surface area contributed by atoms with Gasteiger partial charge >= 0.3 is 0 Å². The number of allylic oxidation sites excluding steroid dienone is 1. The van der Waals surface area contributed by atoms with Gasteiger partial charge < -0.3 is 0 Å². The van der Waals surface area contributed by atoms with Crippen LogP contribution in [0.3, 0.4) is 0 Å². The molecule has 0 saturated heterocycles. The minimum Gasteiger partial charge on any atom is -0.295 e. The summed E-state index contributed by atoms with van der Waals surface area (Å²) >= 11 is 0. The number of hydrogen-bond acceptors (Lipinski definition) is 1. The van der Waals surface area contributed by atoms with E-state index in [1.165, 1.54) is 0 Å². The first-order valence-corrected chi connectivity index (χ1v) is 6.34. The summed E-state index contributed by atoms with van der Waals surface area (Å²) in [6.07, 6.45) is 5.36. The summed E-state index contributed by atoms with van der Waals surface area (Å²) < 4.78 is 0. The van der Waals surface area contributed by atoms with Crippen molar-refractivity contribution in [1.29, 1.82) is 0 Å². The van der Waals surface area contributed by atoms with E-state index in [1.54, 1.807) is 6.08 Å². The molecule has 1 unspecified atom stereocenters. The molecule has 0 bridgehead atoms. The van der Waals surface area contributed by atoms with Gasteiger partial charge in [0.1, 0.15) is 0 Å². The zero-order valence-electron chi connectivity index (χ0n) is 11.0. The quantitative estimate of drug-likeness (QED) is 0.664. The minimum atomic E-state index is 0.224. The Labute approximate surface area is 105 Å². The van der Waals surface area contributed by atoms with Crippen molar-refractivity contribution in [2.24, 2.45) is 11.8 Å². The topological polar surface area (TPSA) is 17.1 Å². The van der Waals surface area contributed by atoms with E-state index >= 15 is 0 Å². The first kappa shape index (κ1) is 13.7. The second kappa shape index (κ2) is 7.05. The third kappa shape index (κ3) is 6.06. The number of hydrogen-bond donors (Lipinski definition) is 0. The smallest absolute Gasteiger partial charge is 0.155 e. The lowest BCUT2D eigenvalue weighted by Crippen LogP contribution is -2.05. The maximum Gasteiger partial charge on any atom is 0.155 e. The van der Waals surface area contributed by atoms with Crippen LogP contribution in [-0.2, 0) is 4.79 Å². The Bertz CT molecular complexity index is 362. The molecule has 1 atom stereocenters. The average molecular weight is 230 g/mol. The molecule has 0 aliphatic heterocycles. The monoisotopic (exact) mass is 230 g/mol. The van der Waals surface area contributed by atoms with Gasteiger partial charge in [-0.2, -0.15) is 0 Å². The molecule has 0 aliphatic carbocycles. The van der Waals surface area contributed by atoms with Crippen LogP contribution < -0.4 is 0 Å². The maximum absolute atomic E-state index is 11.7. The molecule has 0 saturated carbocycles. The number of ketones is 1. The summed E-state index contributed by atoms with van der Waals surface area (Å²) in [4.78, 5) is 11.7. The Balaban J connectivity index is 2.42. The van der Waals surface area contributed by atoms with Crippen LogP contribution in [0.15, 0.2) is 36.4 Å². The van der Waals surface area contributed by atoms with Crippen LogP contribution in [-0.4, -0.2) is 5.78 Å². The largest absolute Gasteiger partial charge is 0.295 e. The molecule has 1 heteroatoms. The van der Waals surface area contributed by atoms with Gasteiger partial charge in [0.25, 0.3) is 0 Å². The molecule has 0 fully saturated rings. The minimum absolute atomic E-state index is 0.224. The SMILES string of the molecule is CC(C)CC(C)CC(=O)/C=C\c1ccccc1. The standard InChI is InChI=1S/C16H22O/c1-13(2)11-14(3)12-16(17)10-9-15-7-5-4-6-8-15/h4-10,13-14H,11-12H2,1-3H3/b10-9-. The third-order valence-electron chi connectivity index (χ3n) is 2.68. The fraction of sp³-hybridized carbons (Fsp3) is 0.438. The molecule has 1 aromatic carbocycles. The zero-order valence-corrected chi connectivity index (χ0v) is 11.0. The number of rotatable bonds is 6. The molecule has 0 spiro atoms. The molecule has 0 radical (unpaired) electrons. The first-order valence-electron chi connectivity index (χ1n) is 6.34. The summed E-state index contributed by atoms with van der Waals surface area (Å²) in [6.45, 7) is 6.54. The number of carbonyl (C=O) groups excluding carboxylic acids is 1. The molecule has 1 aromatic rings. The molecule has 0 N–H and O–H groups in total. The lowest BCUT2D eigenvalue weighted by atomic mass is 9.94. The molecule has 1 rings (SSSR count). The highest BCUT2D eigenvalue weighted by Crippen LogP contribution is 2.15. The Morgan fingerprint density at radius 2 is 1.82 bits per heavy atom. The maximum atomic E-state index is 11.7.